The second kappa shape index (κ2) is 6.80. The zero-order valence-corrected chi connectivity index (χ0v) is 10.2. The zero-order valence-electron chi connectivity index (χ0n) is 10.2. The van der Waals surface area contributed by atoms with Crippen molar-refractivity contribution in [2.24, 2.45) is 5.92 Å². The van der Waals surface area contributed by atoms with Gasteiger partial charge in [0.25, 0.3) is 0 Å². The predicted molar refractivity (Wildman–Crippen MR) is 59.6 cm³/mol. The molecule has 0 bridgehead atoms. The molecule has 90 valence electrons. The Morgan fingerprint density at radius 2 is 2.20 bits per heavy atom. The summed E-state index contributed by atoms with van der Waals surface area (Å²) in [6, 6.07) is 0. The van der Waals surface area contributed by atoms with Gasteiger partial charge in [0.05, 0.1) is 6.61 Å². The minimum Gasteiger partial charge on any atom is -0.386 e. The summed E-state index contributed by atoms with van der Waals surface area (Å²) in [7, 11) is 1.52. The molecule has 2 atom stereocenters. The summed E-state index contributed by atoms with van der Waals surface area (Å²) in [5.74, 6) is 0.00146. The lowest BCUT2D eigenvalue weighted by molar-refractivity contribution is -0.126. The first kappa shape index (κ1) is 14.4. The quantitative estimate of drug-likeness (QED) is 0.667. The number of rotatable bonds is 7. The van der Waals surface area contributed by atoms with Gasteiger partial charge < -0.3 is 15.2 Å². The highest BCUT2D eigenvalue weighted by molar-refractivity contribution is 5.78. The second-order valence-corrected chi connectivity index (χ2v) is 4.34. The van der Waals surface area contributed by atoms with Gasteiger partial charge in [-0.1, -0.05) is 20.3 Å². The highest BCUT2D eigenvalue weighted by Crippen LogP contribution is 2.06. The van der Waals surface area contributed by atoms with Crippen molar-refractivity contribution in [2.45, 2.75) is 39.2 Å². The van der Waals surface area contributed by atoms with Crippen LogP contribution in [0.3, 0.4) is 0 Å². The molecular weight excluding hydrogens is 194 g/mol. The van der Waals surface area contributed by atoms with Crippen LogP contribution in [0, 0.1) is 5.92 Å². The first-order valence-electron chi connectivity index (χ1n) is 5.42. The number of hydrogen-bond donors (Lipinski definition) is 2. The monoisotopic (exact) mass is 217 g/mol. The van der Waals surface area contributed by atoms with Gasteiger partial charge in [-0.3, -0.25) is 4.79 Å². The number of methoxy groups -OCH3 is 1. The van der Waals surface area contributed by atoms with Gasteiger partial charge in [0, 0.05) is 19.6 Å². The molecule has 4 heteroatoms. The molecule has 15 heavy (non-hydrogen) atoms. The highest BCUT2D eigenvalue weighted by atomic mass is 16.5. The summed E-state index contributed by atoms with van der Waals surface area (Å²) in [5, 5.41) is 12.5. The molecule has 0 aliphatic rings. The van der Waals surface area contributed by atoms with Crippen molar-refractivity contribution in [3.8, 4) is 0 Å². The van der Waals surface area contributed by atoms with Crippen LogP contribution < -0.4 is 5.32 Å². The fourth-order valence-electron chi connectivity index (χ4n) is 1.38. The summed E-state index contributed by atoms with van der Waals surface area (Å²) in [6.07, 6.45) is 1.86. The Hall–Kier alpha value is -0.610. The third kappa shape index (κ3) is 6.47. The van der Waals surface area contributed by atoms with Crippen molar-refractivity contribution in [3.63, 3.8) is 0 Å². The Kier molecular flexibility index (Phi) is 6.52. The largest absolute Gasteiger partial charge is 0.386 e. The Morgan fingerprint density at radius 3 is 2.67 bits per heavy atom. The van der Waals surface area contributed by atoms with E-state index in [4.69, 9.17) is 4.74 Å². The lowest BCUT2D eigenvalue weighted by Crippen LogP contribution is -2.45. The lowest BCUT2D eigenvalue weighted by Gasteiger charge is -2.23. The topological polar surface area (TPSA) is 58.6 Å². The molecule has 0 saturated heterocycles. The molecule has 1 amide bonds. The van der Waals surface area contributed by atoms with Crippen LogP contribution in [-0.4, -0.2) is 36.9 Å². The summed E-state index contributed by atoms with van der Waals surface area (Å²) in [4.78, 5) is 11.5. The molecule has 2 N–H and O–H groups in total. The van der Waals surface area contributed by atoms with Gasteiger partial charge in [-0.25, -0.2) is 0 Å². The Balaban J connectivity index is 3.88. The minimum absolute atomic E-state index is 0.00627. The van der Waals surface area contributed by atoms with Crippen LogP contribution in [-0.2, 0) is 9.53 Å². The van der Waals surface area contributed by atoms with Crippen LogP contribution in [0.1, 0.15) is 33.6 Å². The van der Waals surface area contributed by atoms with Crippen molar-refractivity contribution >= 4 is 5.91 Å². The van der Waals surface area contributed by atoms with Gasteiger partial charge in [0.1, 0.15) is 5.60 Å². The maximum Gasteiger partial charge on any atom is 0.222 e. The molecule has 0 aromatic rings. The van der Waals surface area contributed by atoms with Crippen molar-refractivity contribution in [2.75, 3.05) is 20.3 Å². The molecule has 0 aromatic carbocycles. The van der Waals surface area contributed by atoms with E-state index >= 15 is 0 Å². The number of carbonyl (C=O) groups is 1. The third-order valence-corrected chi connectivity index (χ3v) is 2.27. The van der Waals surface area contributed by atoms with E-state index < -0.39 is 5.60 Å². The fourth-order valence-corrected chi connectivity index (χ4v) is 1.38. The molecule has 0 rings (SSSR count). The van der Waals surface area contributed by atoms with E-state index in [0.717, 1.165) is 12.8 Å². The molecule has 0 aliphatic heterocycles. The lowest BCUT2D eigenvalue weighted by atomic mass is 10.0. The molecule has 0 spiro atoms. The number of hydrogen-bond acceptors (Lipinski definition) is 3. The number of aliphatic hydroxyl groups is 1. The standard InChI is InChI=1S/C11H23NO3/c1-5-6-9(2)10(13)12-7-11(3,14)8-15-4/h9,14H,5-8H2,1-4H3,(H,12,13)/t9-,11+/m1/s1. The third-order valence-electron chi connectivity index (χ3n) is 2.27. The predicted octanol–water partition coefficient (Wildman–Crippen LogP) is 0.936. The first-order valence-corrected chi connectivity index (χ1v) is 5.42. The van der Waals surface area contributed by atoms with Gasteiger partial charge in [0.2, 0.25) is 5.91 Å². The van der Waals surface area contributed by atoms with E-state index in [2.05, 4.69) is 5.32 Å². The summed E-state index contributed by atoms with van der Waals surface area (Å²) in [5.41, 5.74) is -0.990. The number of amides is 1. The van der Waals surface area contributed by atoms with Crippen LogP contribution in [0.25, 0.3) is 0 Å². The second-order valence-electron chi connectivity index (χ2n) is 4.34. The molecule has 0 radical (unpaired) electrons. The van der Waals surface area contributed by atoms with Crippen LogP contribution in [0.5, 0.6) is 0 Å². The molecule has 0 fully saturated rings. The average molecular weight is 217 g/mol. The zero-order chi connectivity index (χ0) is 11.9. The molecule has 0 aliphatic carbocycles. The molecular formula is C11H23NO3. The van der Waals surface area contributed by atoms with E-state index in [1.807, 2.05) is 13.8 Å². The Bertz CT molecular complexity index is 192. The summed E-state index contributed by atoms with van der Waals surface area (Å²) < 4.78 is 4.85. The van der Waals surface area contributed by atoms with Gasteiger partial charge in [0.15, 0.2) is 0 Å². The van der Waals surface area contributed by atoms with E-state index in [1.54, 1.807) is 6.92 Å². The van der Waals surface area contributed by atoms with Crippen molar-refractivity contribution < 1.29 is 14.6 Å². The van der Waals surface area contributed by atoms with Crippen LogP contribution >= 0.6 is 0 Å². The van der Waals surface area contributed by atoms with E-state index in [9.17, 15) is 9.90 Å². The Morgan fingerprint density at radius 1 is 1.60 bits per heavy atom. The molecule has 0 aromatic heterocycles. The molecule has 0 heterocycles. The maximum atomic E-state index is 11.5. The van der Waals surface area contributed by atoms with Crippen LogP contribution in [0.15, 0.2) is 0 Å². The van der Waals surface area contributed by atoms with Gasteiger partial charge in [-0.15, -0.1) is 0 Å². The molecule has 4 nitrogen and oxygen atoms in total. The van der Waals surface area contributed by atoms with E-state index in [0.29, 0.717) is 0 Å². The number of nitrogens with one attached hydrogen (secondary N) is 1. The van der Waals surface area contributed by atoms with Gasteiger partial charge in [-0.2, -0.15) is 0 Å². The number of ether oxygens (including phenoxy) is 1. The van der Waals surface area contributed by atoms with E-state index in [1.165, 1.54) is 7.11 Å². The molecule has 0 unspecified atom stereocenters. The van der Waals surface area contributed by atoms with Gasteiger partial charge in [-0.05, 0) is 13.3 Å². The SMILES string of the molecule is CCC[C@@H](C)C(=O)NC[C@](C)(O)COC. The van der Waals surface area contributed by atoms with Crippen molar-refractivity contribution in [3.05, 3.63) is 0 Å². The summed E-state index contributed by atoms with van der Waals surface area (Å²) >= 11 is 0. The van der Waals surface area contributed by atoms with Crippen LogP contribution in [0.2, 0.25) is 0 Å². The molecule has 0 saturated carbocycles. The van der Waals surface area contributed by atoms with Crippen LogP contribution in [0.4, 0.5) is 0 Å². The maximum absolute atomic E-state index is 11.5. The normalized spacial score (nSPS) is 16.9. The van der Waals surface area contributed by atoms with Crippen molar-refractivity contribution in [1.82, 2.24) is 5.32 Å². The fraction of sp³-hybridized carbons (Fsp3) is 0.909. The smallest absolute Gasteiger partial charge is 0.222 e. The average Bonchev–Trinajstić information content (AvgIpc) is 2.14. The first-order chi connectivity index (χ1) is 6.93. The van der Waals surface area contributed by atoms with Crippen molar-refractivity contribution in [1.29, 1.82) is 0 Å². The minimum atomic E-state index is -0.990. The van der Waals surface area contributed by atoms with Gasteiger partial charge >= 0.3 is 0 Å². The van der Waals surface area contributed by atoms with E-state index in [-0.39, 0.29) is 25.0 Å². The highest BCUT2D eigenvalue weighted by Gasteiger charge is 2.22. The Labute approximate surface area is 92.0 Å². The number of carbonyl (C=O) groups excluding carboxylic acids is 1. The summed E-state index contributed by atoms with van der Waals surface area (Å²) in [6.45, 7) is 6.03.